The quantitative estimate of drug-likeness (QED) is 0.599. The Bertz CT molecular complexity index is 313. The van der Waals surface area contributed by atoms with Gasteiger partial charge in [-0.2, -0.15) is 0 Å². The number of amides is 2. The molecular formula is C11H21N3OS3. The average Bonchev–Trinajstić information content (AvgIpc) is 2.40. The van der Waals surface area contributed by atoms with Crippen molar-refractivity contribution in [3.8, 4) is 0 Å². The number of thiol groups is 1. The van der Waals surface area contributed by atoms with Gasteiger partial charge in [0, 0.05) is 40.9 Å². The predicted octanol–water partition coefficient (Wildman–Crippen LogP) is 1.49. The minimum atomic E-state index is -0.346. The van der Waals surface area contributed by atoms with Gasteiger partial charge >= 0.3 is 6.03 Å². The number of hydrogen-bond donors (Lipinski definition) is 2. The molecular weight excluding hydrogens is 286 g/mol. The van der Waals surface area contributed by atoms with Crippen LogP contribution in [0.25, 0.3) is 0 Å². The van der Waals surface area contributed by atoms with Crippen LogP contribution >= 0.6 is 11.7 Å². The van der Waals surface area contributed by atoms with Crippen molar-refractivity contribution in [1.29, 1.82) is 0 Å². The molecule has 2 heterocycles. The first-order valence-electron chi connectivity index (χ1n) is 6.58. The Labute approximate surface area is 121 Å². The fourth-order valence-electron chi connectivity index (χ4n) is 2.52. The monoisotopic (exact) mass is 307 g/mol. The second-order valence-corrected chi connectivity index (χ2v) is 8.64. The van der Waals surface area contributed by atoms with E-state index in [-0.39, 0.29) is 14.7 Å². The van der Waals surface area contributed by atoms with Crippen LogP contribution in [-0.2, 0) is 19.9 Å². The molecule has 0 saturated carbocycles. The number of hydrogen-bond acceptors (Lipinski definition) is 2. The number of nitrogens with one attached hydrogen (secondary N) is 1. The molecule has 2 aliphatic rings. The molecule has 0 aromatic heterocycles. The molecule has 2 amide bonds. The standard InChI is InChI=1S/C11H21N3OS3/c15-11(13-6-2-1-3-7-13)12-10-4-8-14(9-5-10)18(16)17/h10H,1-9H2,(H,12,15)(H,16,17). The van der Waals surface area contributed by atoms with Gasteiger partial charge in [0.25, 0.3) is 0 Å². The molecule has 4 nitrogen and oxygen atoms in total. The Kier molecular flexibility index (Phi) is 5.72. The van der Waals surface area contributed by atoms with Crippen LogP contribution in [0.3, 0.4) is 0 Å². The number of likely N-dealkylation sites (tertiary alicyclic amines) is 1. The Morgan fingerprint density at radius 3 is 2.33 bits per heavy atom. The summed E-state index contributed by atoms with van der Waals surface area (Å²) in [5.41, 5.74) is 0. The third-order valence-electron chi connectivity index (χ3n) is 3.65. The van der Waals surface area contributed by atoms with Gasteiger partial charge in [-0.25, -0.2) is 9.10 Å². The number of rotatable bonds is 2. The van der Waals surface area contributed by atoms with Gasteiger partial charge in [-0.05, 0) is 43.3 Å². The molecule has 0 radical (unpaired) electrons. The van der Waals surface area contributed by atoms with Gasteiger partial charge in [-0.15, -0.1) is 0 Å². The van der Waals surface area contributed by atoms with E-state index >= 15 is 0 Å². The van der Waals surface area contributed by atoms with Gasteiger partial charge in [0.2, 0.25) is 0 Å². The molecule has 1 unspecified atom stereocenters. The fraction of sp³-hybridized carbons (Fsp3) is 0.909. The third kappa shape index (κ3) is 4.08. The smallest absolute Gasteiger partial charge is 0.317 e. The maximum absolute atomic E-state index is 12.0. The minimum absolute atomic E-state index is 0.122. The van der Waals surface area contributed by atoms with Crippen molar-refractivity contribution in [2.75, 3.05) is 26.2 Å². The van der Waals surface area contributed by atoms with E-state index in [4.69, 9.17) is 11.2 Å². The summed E-state index contributed by atoms with van der Waals surface area (Å²) in [6.07, 6.45) is 5.51. The highest BCUT2D eigenvalue weighted by Gasteiger charge is 2.24. The molecule has 2 rings (SSSR count). The number of piperidine rings is 2. The summed E-state index contributed by atoms with van der Waals surface area (Å²) in [5, 5.41) is 3.15. The van der Waals surface area contributed by atoms with Crippen molar-refractivity contribution >= 4 is 37.6 Å². The lowest BCUT2D eigenvalue weighted by Crippen LogP contribution is -2.50. The molecule has 0 aromatic carbocycles. The molecule has 2 aliphatic heterocycles. The highest BCUT2D eigenvalue weighted by atomic mass is 33.3. The van der Waals surface area contributed by atoms with Crippen LogP contribution < -0.4 is 5.32 Å². The zero-order valence-corrected chi connectivity index (χ0v) is 13.0. The Hall–Kier alpha value is 0.150. The average molecular weight is 308 g/mol. The van der Waals surface area contributed by atoms with Crippen LogP contribution in [0.4, 0.5) is 4.79 Å². The lowest BCUT2D eigenvalue weighted by molar-refractivity contribution is 0.177. The van der Waals surface area contributed by atoms with Gasteiger partial charge < -0.3 is 10.2 Å². The highest BCUT2D eigenvalue weighted by molar-refractivity contribution is 8.75. The first-order chi connectivity index (χ1) is 8.66. The van der Waals surface area contributed by atoms with E-state index in [1.165, 1.54) is 6.42 Å². The van der Waals surface area contributed by atoms with Crippen LogP contribution in [0.15, 0.2) is 0 Å². The normalized spacial score (nSPS) is 24.8. The topological polar surface area (TPSA) is 35.6 Å². The van der Waals surface area contributed by atoms with E-state index in [1.807, 2.05) is 4.90 Å². The van der Waals surface area contributed by atoms with E-state index in [0.717, 1.165) is 51.9 Å². The van der Waals surface area contributed by atoms with E-state index < -0.39 is 0 Å². The summed E-state index contributed by atoms with van der Waals surface area (Å²) in [6, 6.07) is 0.430. The van der Waals surface area contributed by atoms with Crippen LogP contribution in [0.2, 0.25) is 0 Å². The second-order valence-electron chi connectivity index (χ2n) is 4.93. The minimum Gasteiger partial charge on any atom is -0.335 e. The molecule has 0 aromatic rings. The molecule has 0 aliphatic carbocycles. The number of nitrogens with zero attached hydrogens (tertiary/aromatic N) is 2. The largest absolute Gasteiger partial charge is 0.335 e. The first-order valence-corrected chi connectivity index (χ1v) is 9.74. The molecule has 18 heavy (non-hydrogen) atoms. The van der Waals surface area contributed by atoms with Crippen molar-refractivity contribution in [3.05, 3.63) is 0 Å². The Morgan fingerprint density at radius 1 is 1.17 bits per heavy atom. The zero-order chi connectivity index (χ0) is 13.0. The van der Waals surface area contributed by atoms with Crippen LogP contribution in [-0.4, -0.2) is 47.5 Å². The van der Waals surface area contributed by atoms with E-state index in [2.05, 4.69) is 21.3 Å². The Balaban J connectivity index is 1.73. The van der Waals surface area contributed by atoms with E-state index in [9.17, 15) is 4.79 Å². The third-order valence-corrected chi connectivity index (χ3v) is 5.78. The van der Waals surface area contributed by atoms with Gasteiger partial charge in [-0.1, -0.05) is 11.7 Å². The van der Waals surface area contributed by atoms with Crippen molar-refractivity contribution in [3.63, 3.8) is 0 Å². The maximum atomic E-state index is 12.0. The van der Waals surface area contributed by atoms with Crippen LogP contribution in [0.1, 0.15) is 32.1 Å². The lowest BCUT2D eigenvalue weighted by atomic mass is 10.1. The van der Waals surface area contributed by atoms with Crippen molar-refractivity contribution in [2.45, 2.75) is 38.1 Å². The van der Waals surface area contributed by atoms with Gasteiger partial charge in [0.1, 0.15) is 0 Å². The summed E-state index contributed by atoms with van der Waals surface area (Å²) >= 11 is 9.45. The molecule has 2 saturated heterocycles. The molecule has 104 valence electrons. The summed E-state index contributed by atoms with van der Waals surface area (Å²) in [4.78, 5) is 14.0. The molecule has 1 N–H and O–H groups in total. The van der Waals surface area contributed by atoms with Crippen LogP contribution in [0.5, 0.6) is 0 Å². The van der Waals surface area contributed by atoms with E-state index in [1.54, 1.807) is 0 Å². The molecule has 2 fully saturated rings. The second kappa shape index (κ2) is 7.07. The fourth-order valence-corrected chi connectivity index (χ4v) is 3.98. The van der Waals surface area contributed by atoms with Gasteiger partial charge in [0.05, 0.1) is 0 Å². The van der Waals surface area contributed by atoms with Crippen LogP contribution in [0, 0.1) is 0 Å². The number of carbonyl (C=O) groups excluding carboxylic acids is 1. The Morgan fingerprint density at radius 2 is 1.78 bits per heavy atom. The summed E-state index contributed by atoms with van der Waals surface area (Å²) in [7, 11) is -0.346. The van der Waals surface area contributed by atoms with Gasteiger partial charge in [0.15, 0.2) is 0 Å². The summed E-state index contributed by atoms with van der Waals surface area (Å²) in [5.74, 6) is 0. The highest BCUT2D eigenvalue weighted by Crippen LogP contribution is 2.15. The number of carbonyl (C=O) groups is 1. The summed E-state index contributed by atoms with van der Waals surface area (Å²) < 4.78 is 2.20. The molecule has 0 spiro atoms. The maximum Gasteiger partial charge on any atom is 0.317 e. The number of urea groups is 1. The molecule has 1 atom stereocenters. The summed E-state index contributed by atoms with van der Waals surface area (Å²) in [6.45, 7) is 3.72. The van der Waals surface area contributed by atoms with Crippen molar-refractivity contribution in [1.82, 2.24) is 14.5 Å². The van der Waals surface area contributed by atoms with Crippen molar-refractivity contribution in [2.24, 2.45) is 0 Å². The predicted molar refractivity (Wildman–Crippen MR) is 82.3 cm³/mol. The zero-order valence-electron chi connectivity index (χ0n) is 10.5. The lowest BCUT2D eigenvalue weighted by Gasteiger charge is -2.34. The van der Waals surface area contributed by atoms with Gasteiger partial charge in [-0.3, -0.25) is 0 Å². The van der Waals surface area contributed by atoms with Crippen molar-refractivity contribution < 1.29 is 4.79 Å². The molecule has 7 heteroatoms. The molecule has 0 bridgehead atoms. The van der Waals surface area contributed by atoms with E-state index in [0.29, 0.717) is 6.04 Å². The first kappa shape index (κ1) is 14.6. The SMILES string of the molecule is O=C(NC1CCN(S(=S)S)CC1)N1CCCCC1.